The van der Waals surface area contributed by atoms with E-state index < -0.39 is 0 Å². The topological polar surface area (TPSA) is 65.1 Å². The number of aryl methyl sites for hydroxylation is 1. The fourth-order valence-electron chi connectivity index (χ4n) is 3.35. The summed E-state index contributed by atoms with van der Waals surface area (Å²) in [7, 11) is 0. The summed E-state index contributed by atoms with van der Waals surface area (Å²) in [5.41, 5.74) is 10.1. The zero-order valence-electron chi connectivity index (χ0n) is 13.8. The smallest absolute Gasteiger partial charge is 0.169 e. The van der Waals surface area contributed by atoms with Gasteiger partial charge in [-0.15, -0.1) is 0 Å². The number of hydrogen-bond donors (Lipinski definition) is 2. The summed E-state index contributed by atoms with van der Waals surface area (Å²) >= 11 is 0. The Balaban J connectivity index is 1.78. The molecule has 0 saturated carbocycles. The fourth-order valence-corrected chi connectivity index (χ4v) is 3.35. The molecule has 0 spiro atoms. The molecule has 0 aliphatic carbocycles. The molecule has 0 saturated heterocycles. The molecule has 0 fully saturated rings. The van der Waals surface area contributed by atoms with Gasteiger partial charge in [0.25, 0.3) is 0 Å². The molecule has 0 amide bonds. The second-order valence-electron chi connectivity index (χ2n) is 6.17. The lowest BCUT2D eigenvalue weighted by molar-refractivity contribution is 0.196. The van der Waals surface area contributed by atoms with Crippen LogP contribution < -0.4 is 15.8 Å². The van der Waals surface area contributed by atoms with Crippen LogP contribution in [0.1, 0.15) is 30.8 Å². The number of benzene rings is 2. The molecule has 3 aromatic rings. The maximum atomic E-state index is 6.31. The van der Waals surface area contributed by atoms with Gasteiger partial charge in [-0.2, -0.15) is 0 Å². The highest BCUT2D eigenvalue weighted by Crippen LogP contribution is 2.32. The number of rotatable bonds is 3. The van der Waals surface area contributed by atoms with Gasteiger partial charge < -0.3 is 20.4 Å². The summed E-state index contributed by atoms with van der Waals surface area (Å²) in [6.45, 7) is 4.54. The Kier molecular flexibility index (Phi) is 3.86. The van der Waals surface area contributed by atoms with Crippen molar-refractivity contribution >= 4 is 16.7 Å². The molecule has 5 nitrogen and oxygen atoms in total. The lowest BCUT2D eigenvalue weighted by Crippen LogP contribution is -2.24. The Morgan fingerprint density at radius 1 is 1.25 bits per heavy atom. The summed E-state index contributed by atoms with van der Waals surface area (Å²) in [5, 5.41) is 3.45. The maximum Gasteiger partial charge on any atom is 0.169 e. The minimum absolute atomic E-state index is 0.132. The van der Waals surface area contributed by atoms with Crippen LogP contribution in [0.2, 0.25) is 0 Å². The van der Waals surface area contributed by atoms with Gasteiger partial charge in [-0.05, 0) is 30.7 Å². The lowest BCUT2D eigenvalue weighted by Gasteiger charge is -2.18. The van der Waals surface area contributed by atoms with Gasteiger partial charge in [0.1, 0.15) is 5.75 Å². The first-order valence-corrected chi connectivity index (χ1v) is 8.48. The van der Waals surface area contributed by atoms with Crippen molar-refractivity contribution in [2.24, 2.45) is 0 Å². The number of hydrogen-bond acceptors (Lipinski definition) is 4. The molecule has 24 heavy (non-hydrogen) atoms. The standard InChI is InChI=1S/C19H22N4O/c1-2-10-23-16-8-4-3-7-15(16)22-19(23)18-12-21-11-13-14(20)6-5-9-17(13)24-18/h3-9,18,21H,2,10-12,20H2,1H3. The van der Waals surface area contributed by atoms with Crippen molar-refractivity contribution in [2.45, 2.75) is 32.5 Å². The molecule has 0 bridgehead atoms. The molecule has 1 aliphatic heterocycles. The van der Waals surface area contributed by atoms with Crippen LogP contribution in [0.15, 0.2) is 42.5 Å². The van der Waals surface area contributed by atoms with Gasteiger partial charge in [0.2, 0.25) is 0 Å². The zero-order valence-corrected chi connectivity index (χ0v) is 13.8. The Morgan fingerprint density at radius 2 is 2.12 bits per heavy atom. The molecule has 0 radical (unpaired) electrons. The van der Waals surface area contributed by atoms with Crippen molar-refractivity contribution in [3.63, 3.8) is 0 Å². The first-order valence-electron chi connectivity index (χ1n) is 8.48. The van der Waals surface area contributed by atoms with E-state index in [0.29, 0.717) is 13.1 Å². The number of nitrogen functional groups attached to an aromatic ring is 1. The lowest BCUT2D eigenvalue weighted by atomic mass is 10.1. The van der Waals surface area contributed by atoms with Crippen LogP contribution in [0.4, 0.5) is 5.69 Å². The van der Waals surface area contributed by atoms with E-state index in [4.69, 9.17) is 15.5 Å². The van der Waals surface area contributed by atoms with Gasteiger partial charge in [0.15, 0.2) is 11.9 Å². The summed E-state index contributed by atoms with van der Waals surface area (Å²) < 4.78 is 8.59. The van der Waals surface area contributed by atoms with Crippen LogP contribution in [0.5, 0.6) is 5.75 Å². The minimum Gasteiger partial charge on any atom is -0.481 e. The van der Waals surface area contributed by atoms with E-state index >= 15 is 0 Å². The maximum absolute atomic E-state index is 6.31. The number of ether oxygens (including phenoxy) is 1. The molecular formula is C19H22N4O. The van der Waals surface area contributed by atoms with E-state index in [1.165, 1.54) is 0 Å². The van der Waals surface area contributed by atoms with E-state index in [0.717, 1.165) is 46.8 Å². The molecule has 1 unspecified atom stereocenters. The molecule has 124 valence electrons. The first kappa shape index (κ1) is 15.0. The van der Waals surface area contributed by atoms with Crippen LogP contribution in [-0.2, 0) is 13.1 Å². The van der Waals surface area contributed by atoms with Crippen molar-refractivity contribution < 1.29 is 4.74 Å². The molecular weight excluding hydrogens is 300 g/mol. The number of nitrogens with two attached hydrogens (primary N) is 1. The number of para-hydroxylation sites is 2. The third-order valence-corrected chi connectivity index (χ3v) is 4.49. The van der Waals surface area contributed by atoms with E-state index in [-0.39, 0.29) is 6.10 Å². The van der Waals surface area contributed by atoms with Crippen LogP contribution in [0, 0.1) is 0 Å². The number of nitrogens with one attached hydrogen (secondary N) is 1. The van der Waals surface area contributed by atoms with E-state index in [1.807, 2.05) is 24.3 Å². The molecule has 1 aromatic heterocycles. The SMILES string of the molecule is CCCn1c(C2CNCc3c(N)cccc3O2)nc2ccccc21. The van der Waals surface area contributed by atoms with Gasteiger partial charge in [0, 0.05) is 30.9 Å². The van der Waals surface area contributed by atoms with Crippen molar-refractivity contribution in [1.82, 2.24) is 14.9 Å². The Morgan fingerprint density at radius 3 is 3.00 bits per heavy atom. The van der Waals surface area contributed by atoms with Gasteiger partial charge >= 0.3 is 0 Å². The number of fused-ring (bicyclic) bond motifs is 2. The monoisotopic (exact) mass is 322 g/mol. The van der Waals surface area contributed by atoms with Crippen molar-refractivity contribution in [3.8, 4) is 5.75 Å². The molecule has 4 rings (SSSR count). The average molecular weight is 322 g/mol. The molecule has 2 aromatic carbocycles. The summed E-state index contributed by atoms with van der Waals surface area (Å²) in [6.07, 6.45) is 0.920. The van der Waals surface area contributed by atoms with Gasteiger partial charge in [-0.1, -0.05) is 25.1 Å². The van der Waals surface area contributed by atoms with Gasteiger partial charge in [0.05, 0.1) is 11.0 Å². The third-order valence-electron chi connectivity index (χ3n) is 4.49. The largest absolute Gasteiger partial charge is 0.481 e. The first-order chi connectivity index (χ1) is 11.8. The van der Waals surface area contributed by atoms with Crippen LogP contribution >= 0.6 is 0 Å². The molecule has 1 atom stereocenters. The predicted octanol–water partition coefficient (Wildman–Crippen LogP) is 3.25. The zero-order chi connectivity index (χ0) is 16.5. The minimum atomic E-state index is -0.132. The Labute approximate surface area is 141 Å². The second kappa shape index (κ2) is 6.17. The quantitative estimate of drug-likeness (QED) is 0.727. The summed E-state index contributed by atoms with van der Waals surface area (Å²) in [4.78, 5) is 4.86. The highest BCUT2D eigenvalue weighted by Gasteiger charge is 2.25. The molecule has 5 heteroatoms. The number of nitrogens with zero attached hydrogens (tertiary/aromatic N) is 2. The molecule has 1 aliphatic rings. The van der Waals surface area contributed by atoms with Gasteiger partial charge in [-0.3, -0.25) is 0 Å². The van der Waals surface area contributed by atoms with E-state index in [1.54, 1.807) is 0 Å². The van der Waals surface area contributed by atoms with Crippen LogP contribution in [0.25, 0.3) is 11.0 Å². The molecule has 3 N–H and O–H groups in total. The van der Waals surface area contributed by atoms with Crippen molar-refractivity contribution in [2.75, 3.05) is 12.3 Å². The van der Waals surface area contributed by atoms with Crippen molar-refractivity contribution in [1.29, 1.82) is 0 Å². The van der Waals surface area contributed by atoms with Gasteiger partial charge in [-0.25, -0.2) is 4.98 Å². The van der Waals surface area contributed by atoms with Crippen LogP contribution in [0.3, 0.4) is 0 Å². The number of aromatic nitrogens is 2. The highest BCUT2D eigenvalue weighted by atomic mass is 16.5. The summed E-state index contributed by atoms with van der Waals surface area (Å²) in [5.74, 6) is 1.82. The Bertz CT molecular complexity index is 871. The number of imidazole rings is 1. The third kappa shape index (κ3) is 2.51. The van der Waals surface area contributed by atoms with Crippen LogP contribution in [-0.4, -0.2) is 16.1 Å². The Hall–Kier alpha value is -2.53. The van der Waals surface area contributed by atoms with Crippen molar-refractivity contribution in [3.05, 3.63) is 53.9 Å². The molecule has 2 heterocycles. The predicted molar refractivity (Wildman–Crippen MR) is 96.0 cm³/mol. The normalized spacial score (nSPS) is 17.3. The van der Waals surface area contributed by atoms with E-state index in [9.17, 15) is 0 Å². The number of anilines is 1. The fraction of sp³-hybridized carbons (Fsp3) is 0.316. The van der Waals surface area contributed by atoms with E-state index in [2.05, 4.69) is 35.0 Å². The summed E-state index contributed by atoms with van der Waals surface area (Å²) in [6, 6.07) is 14.1. The average Bonchev–Trinajstić information content (AvgIpc) is 2.80. The highest BCUT2D eigenvalue weighted by molar-refractivity contribution is 5.76. The second-order valence-corrected chi connectivity index (χ2v) is 6.17.